The topological polar surface area (TPSA) is 55.8 Å². The van der Waals surface area contributed by atoms with E-state index in [2.05, 4.69) is 12.2 Å². The molecular weight excluding hydrogens is 278 g/mol. The number of hydrogen-bond acceptors (Lipinski definition) is 3. The Balaban J connectivity index is 2.71. The summed E-state index contributed by atoms with van der Waals surface area (Å²) in [6.45, 7) is 5.14. The maximum absolute atomic E-state index is 12.4. The maximum atomic E-state index is 12.4. The number of aliphatic hydroxyl groups excluding tert-OH is 1. The number of benzene rings is 1. The van der Waals surface area contributed by atoms with Crippen LogP contribution in [0.25, 0.3) is 0 Å². The minimum absolute atomic E-state index is 0.0158. The summed E-state index contributed by atoms with van der Waals surface area (Å²) in [6, 6.07) is 5.80. The number of aryl methyl sites for hydroxylation is 1. The van der Waals surface area contributed by atoms with Crippen LogP contribution in [-0.2, 0) is 0 Å². The average Bonchev–Trinajstić information content (AvgIpc) is 2.48. The first kappa shape index (κ1) is 18.3. The number of nitrogens with zero attached hydrogens (tertiary/aromatic N) is 2. The lowest BCUT2D eigenvalue weighted by Gasteiger charge is -2.23. The highest BCUT2D eigenvalue weighted by atomic mass is 16.3. The molecule has 1 aromatic rings. The van der Waals surface area contributed by atoms with Crippen molar-refractivity contribution in [1.29, 1.82) is 0 Å². The van der Waals surface area contributed by atoms with Crippen molar-refractivity contribution in [3.8, 4) is 0 Å². The molecular formula is C17H29N3O2. The van der Waals surface area contributed by atoms with Crippen LogP contribution in [0.2, 0.25) is 0 Å². The van der Waals surface area contributed by atoms with Crippen LogP contribution in [0.15, 0.2) is 18.2 Å². The zero-order valence-corrected chi connectivity index (χ0v) is 14.2. The minimum atomic E-state index is -0.147. The van der Waals surface area contributed by atoms with E-state index in [1.54, 1.807) is 4.90 Å². The molecule has 0 aromatic heterocycles. The summed E-state index contributed by atoms with van der Waals surface area (Å²) in [5.74, 6) is 0. The van der Waals surface area contributed by atoms with Crippen molar-refractivity contribution in [3.05, 3.63) is 23.8 Å². The number of carbonyl (C=O) groups is 1. The number of hydrogen-bond donors (Lipinski definition) is 2. The predicted molar refractivity (Wildman–Crippen MR) is 92.7 cm³/mol. The van der Waals surface area contributed by atoms with Gasteiger partial charge in [-0.2, -0.15) is 0 Å². The van der Waals surface area contributed by atoms with Crippen LogP contribution in [-0.4, -0.2) is 49.8 Å². The lowest BCUT2D eigenvalue weighted by atomic mass is 10.1. The summed E-state index contributed by atoms with van der Waals surface area (Å²) < 4.78 is 0. The number of nitrogens with one attached hydrogen (secondary N) is 1. The van der Waals surface area contributed by atoms with Crippen LogP contribution < -0.4 is 10.2 Å². The van der Waals surface area contributed by atoms with Crippen LogP contribution in [0, 0.1) is 6.92 Å². The van der Waals surface area contributed by atoms with Crippen molar-refractivity contribution in [1.82, 2.24) is 4.90 Å². The van der Waals surface area contributed by atoms with Gasteiger partial charge in [-0.05, 0) is 37.1 Å². The van der Waals surface area contributed by atoms with E-state index < -0.39 is 0 Å². The van der Waals surface area contributed by atoms with Crippen LogP contribution in [0.4, 0.5) is 16.2 Å². The zero-order valence-electron chi connectivity index (χ0n) is 14.2. The van der Waals surface area contributed by atoms with Gasteiger partial charge in [-0.1, -0.05) is 19.8 Å². The fourth-order valence-corrected chi connectivity index (χ4v) is 2.25. The standard InChI is InChI=1S/C17H29N3O2/c1-5-6-7-10-20(11-12-21)17(22)18-16-9-8-15(19(3)4)13-14(16)2/h8-9,13,21H,5-7,10-12H2,1-4H3,(H,18,22). The molecule has 0 aliphatic rings. The van der Waals surface area contributed by atoms with Crippen molar-refractivity contribution in [2.75, 3.05) is 44.0 Å². The molecule has 0 atom stereocenters. The van der Waals surface area contributed by atoms with E-state index in [4.69, 9.17) is 5.11 Å². The van der Waals surface area contributed by atoms with Gasteiger partial charge < -0.3 is 20.2 Å². The van der Waals surface area contributed by atoms with E-state index in [9.17, 15) is 4.79 Å². The normalized spacial score (nSPS) is 10.4. The zero-order chi connectivity index (χ0) is 16.5. The van der Waals surface area contributed by atoms with Gasteiger partial charge in [-0.25, -0.2) is 4.79 Å². The van der Waals surface area contributed by atoms with E-state index in [0.29, 0.717) is 13.1 Å². The molecule has 0 aliphatic heterocycles. The van der Waals surface area contributed by atoms with Crippen LogP contribution in [0.5, 0.6) is 0 Å². The van der Waals surface area contributed by atoms with Crippen LogP contribution in [0.3, 0.4) is 0 Å². The summed E-state index contributed by atoms with van der Waals surface area (Å²) in [7, 11) is 3.98. The Morgan fingerprint density at radius 1 is 1.23 bits per heavy atom. The summed E-state index contributed by atoms with van der Waals surface area (Å²) in [4.78, 5) is 16.1. The molecule has 0 heterocycles. The first-order valence-electron chi connectivity index (χ1n) is 7.94. The van der Waals surface area contributed by atoms with Crippen LogP contribution in [0.1, 0.15) is 31.7 Å². The fraction of sp³-hybridized carbons (Fsp3) is 0.588. The number of urea groups is 1. The largest absolute Gasteiger partial charge is 0.395 e. The Kier molecular flexibility index (Phi) is 7.74. The number of rotatable bonds is 8. The second-order valence-electron chi connectivity index (χ2n) is 5.74. The van der Waals surface area contributed by atoms with Gasteiger partial charge in [0.2, 0.25) is 0 Å². The number of amides is 2. The molecule has 0 radical (unpaired) electrons. The van der Waals surface area contributed by atoms with Crippen molar-refractivity contribution in [3.63, 3.8) is 0 Å². The summed E-state index contributed by atoms with van der Waals surface area (Å²) in [5, 5.41) is 12.1. The Hall–Kier alpha value is -1.75. The SMILES string of the molecule is CCCCCN(CCO)C(=O)Nc1ccc(N(C)C)cc1C. The monoisotopic (exact) mass is 307 g/mol. The van der Waals surface area contributed by atoms with Gasteiger partial charge in [0.15, 0.2) is 0 Å². The van der Waals surface area contributed by atoms with Crippen molar-refractivity contribution < 1.29 is 9.90 Å². The van der Waals surface area contributed by atoms with E-state index in [1.165, 1.54) is 0 Å². The molecule has 0 bridgehead atoms. The van der Waals surface area contributed by atoms with E-state index in [-0.39, 0.29) is 12.6 Å². The first-order chi connectivity index (χ1) is 10.5. The molecule has 2 N–H and O–H groups in total. The highest BCUT2D eigenvalue weighted by Gasteiger charge is 2.13. The minimum Gasteiger partial charge on any atom is -0.395 e. The van der Waals surface area contributed by atoms with E-state index >= 15 is 0 Å². The van der Waals surface area contributed by atoms with E-state index in [0.717, 1.165) is 36.2 Å². The van der Waals surface area contributed by atoms with Gasteiger partial charge >= 0.3 is 6.03 Å². The van der Waals surface area contributed by atoms with Gasteiger partial charge in [-0.15, -0.1) is 0 Å². The fourth-order valence-electron chi connectivity index (χ4n) is 2.25. The molecule has 5 heteroatoms. The Labute approximate surface area is 133 Å². The number of carbonyl (C=O) groups excluding carboxylic acids is 1. The lowest BCUT2D eigenvalue weighted by Crippen LogP contribution is -2.37. The second-order valence-corrected chi connectivity index (χ2v) is 5.74. The predicted octanol–water partition coefficient (Wildman–Crippen LogP) is 3.08. The molecule has 1 aromatic carbocycles. The van der Waals surface area contributed by atoms with Gasteiger partial charge in [-0.3, -0.25) is 0 Å². The Morgan fingerprint density at radius 3 is 2.50 bits per heavy atom. The molecule has 0 saturated carbocycles. The summed E-state index contributed by atoms with van der Waals surface area (Å²) in [6.07, 6.45) is 3.16. The van der Waals surface area contributed by atoms with Gasteiger partial charge in [0.05, 0.1) is 6.61 Å². The van der Waals surface area contributed by atoms with Crippen LogP contribution >= 0.6 is 0 Å². The molecule has 22 heavy (non-hydrogen) atoms. The third-order valence-corrected chi connectivity index (χ3v) is 3.66. The molecule has 1 rings (SSSR count). The van der Waals surface area contributed by atoms with Crippen molar-refractivity contribution >= 4 is 17.4 Å². The molecule has 0 fully saturated rings. The highest BCUT2D eigenvalue weighted by Crippen LogP contribution is 2.21. The molecule has 0 unspecified atom stereocenters. The average molecular weight is 307 g/mol. The molecule has 0 spiro atoms. The van der Waals surface area contributed by atoms with Gasteiger partial charge in [0.1, 0.15) is 0 Å². The van der Waals surface area contributed by atoms with Gasteiger partial charge in [0, 0.05) is 38.6 Å². The number of anilines is 2. The second kappa shape index (κ2) is 9.30. The lowest BCUT2D eigenvalue weighted by molar-refractivity contribution is 0.187. The molecule has 124 valence electrons. The van der Waals surface area contributed by atoms with Crippen molar-refractivity contribution in [2.45, 2.75) is 33.1 Å². The Bertz CT molecular complexity index is 475. The first-order valence-corrected chi connectivity index (χ1v) is 7.94. The molecule has 0 aliphatic carbocycles. The third kappa shape index (κ3) is 5.56. The number of unbranched alkanes of at least 4 members (excludes halogenated alkanes) is 2. The summed E-state index contributed by atoms with van der Waals surface area (Å²) in [5.41, 5.74) is 2.94. The van der Waals surface area contributed by atoms with Crippen molar-refractivity contribution in [2.24, 2.45) is 0 Å². The Morgan fingerprint density at radius 2 is 1.95 bits per heavy atom. The molecule has 5 nitrogen and oxygen atoms in total. The highest BCUT2D eigenvalue weighted by molar-refractivity contribution is 5.90. The quantitative estimate of drug-likeness (QED) is 0.726. The van der Waals surface area contributed by atoms with Gasteiger partial charge in [0.25, 0.3) is 0 Å². The molecule has 2 amide bonds. The van der Waals surface area contributed by atoms with E-state index in [1.807, 2.05) is 44.1 Å². The third-order valence-electron chi connectivity index (χ3n) is 3.66. The summed E-state index contributed by atoms with van der Waals surface area (Å²) >= 11 is 0. The molecule has 0 saturated heterocycles. The smallest absolute Gasteiger partial charge is 0.321 e. The maximum Gasteiger partial charge on any atom is 0.321 e. The number of aliphatic hydroxyl groups is 1.